The van der Waals surface area contributed by atoms with Gasteiger partial charge in [-0.3, -0.25) is 19.2 Å². The molecular formula is C20H16F16O6Ru. The molecule has 0 radical (unpaired) electrons. The molecule has 0 aromatic carbocycles. The van der Waals surface area contributed by atoms with Crippen LogP contribution in [0.3, 0.4) is 0 Å². The Bertz CT molecular complexity index is 899. The summed E-state index contributed by atoms with van der Waals surface area (Å²) in [6, 6.07) is -5.05. The van der Waals surface area contributed by atoms with Crippen molar-refractivity contribution in [1.82, 2.24) is 0 Å². The predicted molar refractivity (Wildman–Crippen MR) is 102 cm³/mol. The SMILES string of the molecule is C1=C\CC/C=C\CC/1.O=C(F)CC(=O)OC(F)(F)C(F)(F)C(F)(F)F.O=C(F)CC(=O)OC(F)(F)C(F)(F)C(F)(F)F.[Ru]. The van der Waals surface area contributed by atoms with Crippen LogP contribution >= 0.6 is 0 Å². The summed E-state index contributed by atoms with van der Waals surface area (Å²) in [5.41, 5.74) is 0. The van der Waals surface area contributed by atoms with Gasteiger partial charge in [0, 0.05) is 19.5 Å². The van der Waals surface area contributed by atoms with Gasteiger partial charge in [0.15, 0.2) is 0 Å². The van der Waals surface area contributed by atoms with E-state index in [2.05, 4.69) is 33.8 Å². The fourth-order valence-corrected chi connectivity index (χ4v) is 1.90. The zero-order chi connectivity index (χ0) is 33.8. The van der Waals surface area contributed by atoms with Gasteiger partial charge in [-0.05, 0) is 25.7 Å². The minimum absolute atomic E-state index is 0. The first-order valence-electron chi connectivity index (χ1n) is 10.4. The van der Waals surface area contributed by atoms with E-state index in [1.807, 2.05) is 0 Å². The van der Waals surface area contributed by atoms with E-state index >= 15 is 0 Å². The maximum absolute atomic E-state index is 12.3. The Morgan fingerprint density at radius 2 is 0.698 bits per heavy atom. The Balaban J connectivity index is -0.000000584. The van der Waals surface area contributed by atoms with Gasteiger partial charge in [-0.1, -0.05) is 24.3 Å². The molecule has 0 aromatic rings. The second-order valence-electron chi connectivity index (χ2n) is 7.29. The molecule has 23 heteroatoms. The summed E-state index contributed by atoms with van der Waals surface area (Å²) in [7, 11) is 0. The van der Waals surface area contributed by atoms with Crippen LogP contribution in [0.5, 0.6) is 0 Å². The van der Waals surface area contributed by atoms with Crippen LogP contribution in [0.1, 0.15) is 38.5 Å². The standard InChI is InChI=1S/C8H12.2C6H2F8O3.Ru/c1-2-4-6-8-7-5-3-1;2*7-2(15)1-3(16)17-6(13,14)4(8,9)5(10,11)12;/h1-2,7-8H,3-6H2;2*1H2;/b2-1-,8-7-;;;. The van der Waals surface area contributed by atoms with Crippen molar-refractivity contribution in [3.63, 3.8) is 0 Å². The Hall–Kier alpha value is -2.74. The van der Waals surface area contributed by atoms with Gasteiger partial charge >= 0.3 is 60.4 Å². The summed E-state index contributed by atoms with van der Waals surface area (Å²) < 4.78 is 194. The molecule has 6 nitrogen and oxygen atoms in total. The fraction of sp³-hybridized carbons (Fsp3) is 0.600. The second kappa shape index (κ2) is 17.5. The molecule has 0 fully saturated rings. The summed E-state index contributed by atoms with van der Waals surface area (Å²) in [6.45, 7) is 0. The van der Waals surface area contributed by atoms with Crippen molar-refractivity contribution < 1.29 is 118 Å². The number of carbonyl (C=O) groups is 4. The van der Waals surface area contributed by atoms with Gasteiger partial charge < -0.3 is 9.47 Å². The average Bonchev–Trinajstić information content (AvgIpc) is 2.70. The molecule has 0 aromatic heterocycles. The number of ether oxygens (including phenoxy) is 2. The molecule has 0 N–H and O–H groups in total. The van der Waals surface area contributed by atoms with Gasteiger partial charge in [0.25, 0.3) is 0 Å². The second-order valence-corrected chi connectivity index (χ2v) is 7.29. The molecular weight excluding hydrogens is 741 g/mol. The molecule has 252 valence electrons. The van der Waals surface area contributed by atoms with Crippen LogP contribution in [0, 0.1) is 0 Å². The van der Waals surface area contributed by atoms with Crippen molar-refractivity contribution in [3.05, 3.63) is 24.3 Å². The molecule has 0 heterocycles. The van der Waals surface area contributed by atoms with Gasteiger partial charge in [0.1, 0.15) is 12.8 Å². The van der Waals surface area contributed by atoms with E-state index < -0.39 is 73.3 Å². The zero-order valence-electron chi connectivity index (χ0n) is 20.4. The Morgan fingerprint density at radius 1 is 0.488 bits per heavy atom. The molecule has 0 amide bonds. The van der Waals surface area contributed by atoms with Crippen LogP contribution in [0.2, 0.25) is 0 Å². The van der Waals surface area contributed by atoms with Crippen LogP contribution < -0.4 is 0 Å². The summed E-state index contributed by atoms with van der Waals surface area (Å²) in [4.78, 5) is 39.5. The van der Waals surface area contributed by atoms with Gasteiger partial charge in [-0.2, -0.15) is 70.2 Å². The van der Waals surface area contributed by atoms with Crippen LogP contribution in [-0.4, -0.2) is 60.4 Å². The van der Waals surface area contributed by atoms with Crippen molar-refractivity contribution >= 4 is 24.0 Å². The number of esters is 2. The summed E-state index contributed by atoms with van der Waals surface area (Å²) in [5.74, 6) is -18.4. The van der Waals surface area contributed by atoms with Gasteiger partial charge in [0.05, 0.1) is 0 Å². The average molecular weight is 757 g/mol. The van der Waals surface area contributed by atoms with Crippen LogP contribution in [-0.2, 0) is 48.1 Å². The van der Waals surface area contributed by atoms with Gasteiger partial charge in [-0.15, -0.1) is 0 Å². The number of hydrogen-bond donors (Lipinski definition) is 0. The number of carbonyl (C=O) groups excluding carboxylic acids is 4. The van der Waals surface area contributed by atoms with Crippen LogP contribution in [0.25, 0.3) is 0 Å². The summed E-state index contributed by atoms with van der Waals surface area (Å²) in [5, 5.41) is 0. The zero-order valence-corrected chi connectivity index (χ0v) is 22.1. The van der Waals surface area contributed by atoms with Crippen molar-refractivity contribution in [3.8, 4) is 0 Å². The van der Waals surface area contributed by atoms with Crippen LogP contribution in [0.15, 0.2) is 24.3 Å². The maximum Gasteiger partial charge on any atom is 0.476 e. The first-order chi connectivity index (χ1) is 18.6. The van der Waals surface area contributed by atoms with E-state index in [0.29, 0.717) is 0 Å². The van der Waals surface area contributed by atoms with Gasteiger partial charge in [-0.25, -0.2) is 0 Å². The first-order valence-corrected chi connectivity index (χ1v) is 10.4. The quantitative estimate of drug-likeness (QED) is 0.0658. The maximum atomic E-state index is 12.3. The molecule has 0 aliphatic heterocycles. The van der Waals surface area contributed by atoms with Crippen LogP contribution in [0.4, 0.5) is 70.2 Å². The number of halogens is 16. The van der Waals surface area contributed by atoms with E-state index in [9.17, 15) is 89.4 Å². The Labute approximate surface area is 242 Å². The molecule has 1 aliphatic carbocycles. The molecule has 0 saturated carbocycles. The molecule has 0 bridgehead atoms. The Morgan fingerprint density at radius 3 is 0.860 bits per heavy atom. The van der Waals surface area contributed by atoms with Crippen molar-refractivity contribution in [2.45, 2.75) is 74.9 Å². The normalized spacial score (nSPS) is 15.8. The van der Waals surface area contributed by atoms with Crippen molar-refractivity contribution in [1.29, 1.82) is 0 Å². The molecule has 1 aliphatic rings. The molecule has 0 unspecified atom stereocenters. The van der Waals surface area contributed by atoms with Gasteiger partial charge in [0.2, 0.25) is 0 Å². The molecule has 0 spiro atoms. The predicted octanol–water partition coefficient (Wildman–Crippen LogP) is 7.08. The number of alkyl halides is 14. The fourth-order valence-electron chi connectivity index (χ4n) is 1.90. The molecule has 43 heavy (non-hydrogen) atoms. The van der Waals surface area contributed by atoms with Crippen molar-refractivity contribution in [2.24, 2.45) is 0 Å². The third-order valence-corrected chi connectivity index (χ3v) is 3.83. The van der Waals surface area contributed by atoms with E-state index in [-0.39, 0.29) is 19.5 Å². The summed E-state index contributed by atoms with van der Waals surface area (Å²) >= 11 is 0. The smallest absolute Gasteiger partial charge is 0.396 e. The number of allylic oxidation sites excluding steroid dienone is 4. The first kappa shape index (κ1) is 44.7. The minimum Gasteiger partial charge on any atom is -0.396 e. The third-order valence-electron chi connectivity index (χ3n) is 3.83. The topological polar surface area (TPSA) is 86.7 Å². The monoisotopic (exact) mass is 758 g/mol. The summed E-state index contributed by atoms with van der Waals surface area (Å²) in [6.07, 6.45) is -15.8. The number of rotatable bonds is 8. The van der Waals surface area contributed by atoms with E-state index in [1.54, 1.807) is 0 Å². The molecule has 1 rings (SSSR count). The third kappa shape index (κ3) is 15.5. The minimum atomic E-state index is -6.68. The molecule has 0 atom stereocenters. The van der Waals surface area contributed by atoms with E-state index in [4.69, 9.17) is 0 Å². The molecule has 0 saturated heterocycles. The largest absolute Gasteiger partial charge is 0.476 e. The number of hydrogen-bond acceptors (Lipinski definition) is 6. The van der Waals surface area contributed by atoms with Crippen molar-refractivity contribution in [2.75, 3.05) is 0 Å². The van der Waals surface area contributed by atoms with E-state index in [1.165, 1.54) is 25.7 Å². The Kier molecular flexibility index (Phi) is 18.2. The van der Waals surface area contributed by atoms with E-state index in [0.717, 1.165) is 0 Å².